The van der Waals surface area contributed by atoms with E-state index < -0.39 is 0 Å². The molecule has 13 heavy (non-hydrogen) atoms. The van der Waals surface area contributed by atoms with Crippen LogP contribution in [-0.2, 0) is 9.53 Å². The van der Waals surface area contributed by atoms with Crippen LogP contribution in [0.1, 0.15) is 6.42 Å². The third-order valence-corrected chi connectivity index (χ3v) is 1.77. The van der Waals surface area contributed by atoms with Gasteiger partial charge in [0.1, 0.15) is 6.61 Å². The smallest absolute Gasteiger partial charge is 0.330 e. The van der Waals surface area contributed by atoms with Crippen molar-refractivity contribution in [1.29, 1.82) is 0 Å². The molecule has 0 unspecified atom stereocenters. The van der Waals surface area contributed by atoms with Crippen LogP contribution in [0.3, 0.4) is 0 Å². The minimum atomic E-state index is -0.367. The quantitative estimate of drug-likeness (QED) is 0.468. The zero-order valence-electron chi connectivity index (χ0n) is 7.61. The fourth-order valence-corrected chi connectivity index (χ4v) is 1.09. The molecule has 0 amide bonds. The molecule has 0 N–H and O–H groups in total. The maximum Gasteiger partial charge on any atom is 0.330 e. The highest BCUT2D eigenvalue weighted by Crippen LogP contribution is 1.95. The summed E-state index contributed by atoms with van der Waals surface area (Å²) < 4.78 is 4.83. The van der Waals surface area contributed by atoms with Crippen LogP contribution in [0, 0.1) is 0 Å². The van der Waals surface area contributed by atoms with Crippen LogP contribution in [0.15, 0.2) is 17.6 Å². The molecule has 0 aliphatic carbocycles. The lowest BCUT2D eigenvalue weighted by Crippen LogP contribution is -2.30. The molecule has 0 aromatic heterocycles. The molecule has 0 radical (unpaired) electrons. The lowest BCUT2D eigenvalue weighted by Gasteiger charge is -2.21. The molecule has 1 rings (SSSR count). The van der Waals surface area contributed by atoms with Crippen molar-refractivity contribution in [2.75, 3.05) is 26.2 Å². The summed E-state index contributed by atoms with van der Waals surface area (Å²) in [5.74, 6) is -0.367. The maximum absolute atomic E-state index is 10.7. The minimum absolute atomic E-state index is 0.367. The number of nitrogens with zero attached hydrogens (tertiary/aromatic N) is 2. The Kier molecular flexibility index (Phi) is 4.02. The van der Waals surface area contributed by atoms with Gasteiger partial charge in [0.05, 0.1) is 12.9 Å². The molecular weight excluding hydrogens is 168 g/mol. The minimum Gasteiger partial charge on any atom is -0.461 e. The van der Waals surface area contributed by atoms with Crippen molar-refractivity contribution in [2.24, 2.45) is 4.99 Å². The summed E-state index contributed by atoms with van der Waals surface area (Å²) in [6, 6.07) is 0. The number of aliphatic imine (C=N–C) groups is 1. The van der Waals surface area contributed by atoms with E-state index in [-0.39, 0.29) is 5.97 Å². The van der Waals surface area contributed by atoms with Crippen LogP contribution >= 0.6 is 0 Å². The molecule has 0 aromatic carbocycles. The Morgan fingerprint density at radius 2 is 2.62 bits per heavy atom. The molecule has 0 atom stereocenters. The molecule has 0 bridgehead atoms. The fraction of sp³-hybridized carbons (Fsp3) is 0.556. The first kappa shape index (κ1) is 9.77. The van der Waals surface area contributed by atoms with E-state index in [0.717, 1.165) is 19.5 Å². The largest absolute Gasteiger partial charge is 0.461 e. The van der Waals surface area contributed by atoms with Crippen molar-refractivity contribution in [3.8, 4) is 0 Å². The second kappa shape index (κ2) is 5.35. The van der Waals surface area contributed by atoms with Gasteiger partial charge in [0.25, 0.3) is 0 Å². The number of carbonyl (C=O) groups excluding carboxylic acids is 1. The van der Waals surface area contributed by atoms with Gasteiger partial charge in [-0.2, -0.15) is 0 Å². The topological polar surface area (TPSA) is 41.9 Å². The van der Waals surface area contributed by atoms with Crippen molar-refractivity contribution < 1.29 is 9.53 Å². The summed E-state index contributed by atoms with van der Waals surface area (Å²) >= 11 is 0. The number of ether oxygens (including phenoxy) is 1. The van der Waals surface area contributed by atoms with Crippen molar-refractivity contribution >= 4 is 12.3 Å². The predicted molar refractivity (Wildman–Crippen MR) is 50.7 cm³/mol. The molecule has 0 fully saturated rings. The van der Waals surface area contributed by atoms with E-state index in [1.807, 2.05) is 11.2 Å². The first-order valence-electron chi connectivity index (χ1n) is 4.36. The average Bonchev–Trinajstić information content (AvgIpc) is 2.19. The molecule has 4 heteroatoms. The van der Waals surface area contributed by atoms with Gasteiger partial charge in [0.2, 0.25) is 0 Å². The Morgan fingerprint density at radius 1 is 1.77 bits per heavy atom. The lowest BCUT2D eigenvalue weighted by molar-refractivity contribution is -0.137. The van der Waals surface area contributed by atoms with Gasteiger partial charge in [-0.25, -0.2) is 4.79 Å². The predicted octanol–water partition coefficient (Wildman–Crippen LogP) is 0.450. The molecule has 1 aliphatic rings. The lowest BCUT2D eigenvalue weighted by atomic mass is 10.3. The highest BCUT2D eigenvalue weighted by molar-refractivity contribution is 5.81. The van der Waals surface area contributed by atoms with Crippen molar-refractivity contribution in [1.82, 2.24) is 4.90 Å². The SMILES string of the molecule is C=CC(=O)OCCN1C=NCCC1. The van der Waals surface area contributed by atoms with Crippen LogP contribution in [0.4, 0.5) is 0 Å². The molecular formula is C9H14N2O2. The van der Waals surface area contributed by atoms with Crippen LogP contribution in [-0.4, -0.2) is 43.4 Å². The number of esters is 1. The van der Waals surface area contributed by atoms with Gasteiger partial charge in [-0.05, 0) is 6.42 Å². The zero-order valence-corrected chi connectivity index (χ0v) is 7.61. The Morgan fingerprint density at radius 3 is 3.23 bits per heavy atom. The molecule has 72 valence electrons. The Labute approximate surface area is 77.9 Å². The summed E-state index contributed by atoms with van der Waals surface area (Å²) in [5.41, 5.74) is 0. The highest BCUT2D eigenvalue weighted by Gasteiger charge is 2.04. The van der Waals surface area contributed by atoms with E-state index in [1.54, 1.807) is 0 Å². The molecule has 1 aliphatic heterocycles. The molecule has 0 saturated carbocycles. The van der Waals surface area contributed by atoms with E-state index >= 15 is 0 Å². The molecule has 0 saturated heterocycles. The van der Waals surface area contributed by atoms with E-state index in [1.165, 1.54) is 6.08 Å². The van der Waals surface area contributed by atoms with Crippen LogP contribution in [0.25, 0.3) is 0 Å². The third kappa shape index (κ3) is 3.73. The fourth-order valence-electron chi connectivity index (χ4n) is 1.09. The molecule has 0 spiro atoms. The van der Waals surface area contributed by atoms with Crippen molar-refractivity contribution in [3.63, 3.8) is 0 Å². The summed E-state index contributed by atoms with van der Waals surface area (Å²) in [7, 11) is 0. The van der Waals surface area contributed by atoms with Gasteiger partial charge >= 0.3 is 5.97 Å². The van der Waals surface area contributed by atoms with Gasteiger partial charge in [0.15, 0.2) is 0 Å². The Balaban J connectivity index is 2.11. The second-order valence-electron chi connectivity index (χ2n) is 2.78. The first-order chi connectivity index (χ1) is 6.33. The van der Waals surface area contributed by atoms with E-state index in [4.69, 9.17) is 4.74 Å². The number of hydrogen-bond donors (Lipinski definition) is 0. The zero-order chi connectivity index (χ0) is 9.52. The van der Waals surface area contributed by atoms with Crippen molar-refractivity contribution in [3.05, 3.63) is 12.7 Å². The van der Waals surface area contributed by atoms with Gasteiger partial charge in [0, 0.05) is 19.2 Å². The monoisotopic (exact) mass is 182 g/mol. The van der Waals surface area contributed by atoms with Gasteiger partial charge < -0.3 is 9.64 Å². The van der Waals surface area contributed by atoms with Crippen LogP contribution in [0.2, 0.25) is 0 Å². The second-order valence-corrected chi connectivity index (χ2v) is 2.78. The number of hydrogen-bond acceptors (Lipinski definition) is 4. The van der Waals surface area contributed by atoms with E-state index in [2.05, 4.69) is 11.6 Å². The standard InChI is InChI=1S/C9H14N2O2/c1-2-9(12)13-7-6-11-5-3-4-10-8-11/h2,8H,1,3-7H2. The number of rotatable bonds is 4. The molecule has 1 heterocycles. The van der Waals surface area contributed by atoms with E-state index in [0.29, 0.717) is 13.2 Å². The van der Waals surface area contributed by atoms with Crippen LogP contribution in [0.5, 0.6) is 0 Å². The van der Waals surface area contributed by atoms with Gasteiger partial charge in [-0.15, -0.1) is 0 Å². The molecule has 0 aromatic rings. The van der Waals surface area contributed by atoms with E-state index in [9.17, 15) is 4.79 Å². The Hall–Kier alpha value is -1.32. The first-order valence-corrected chi connectivity index (χ1v) is 4.36. The highest BCUT2D eigenvalue weighted by atomic mass is 16.5. The van der Waals surface area contributed by atoms with Crippen LogP contribution < -0.4 is 0 Å². The van der Waals surface area contributed by atoms with Gasteiger partial charge in [-0.3, -0.25) is 4.99 Å². The average molecular weight is 182 g/mol. The summed E-state index contributed by atoms with van der Waals surface area (Å²) in [6.07, 6.45) is 4.06. The normalized spacial score (nSPS) is 15.5. The summed E-state index contributed by atoms with van der Waals surface area (Å²) in [6.45, 7) is 6.32. The Bertz CT molecular complexity index is 214. The third-order valence-electron chi connectivity index (χ3n) is 1.77. The summed E-state index contributed by atoms with van der Waals surface area (Å²) in [4.78, 5) is 16.8. The molecule has 4 nitrogen and oxygen atoms in total. The maximum atomic E-state index is 10.7. The van der Waals surface area contributed by atoms with Gasteiger partial charge in [-0.1, -0.05) is 6.58 Å². The van der Waals surface area contributed by atoms with Crippen molar-refractivity contribution in [2.45, 2.75) is 6.42 Å². The number of carbonyl (C=O) groups is 1. The summed E-state index contributed by atoms with van der Waals surface area (Å²) in [5, 5.41) is 0.